The molecule has 0 aromatic rings. The van der Waals surface area contributed by atoms with E-state index in [0.717, 1.165) is 25.3 Å². The molecule has 0 heterocycles. The summed E-state index contributed by atoms with van der Waals surface area (Å²) < 4.78 is 0. The van der Waals surface area contributed by atoms with Crippen LogP contribution < -0.4 is 10.2 Å². The van der Waals surface area contributed by atoms with Crippen LogP contribution in [0.4, 0.5) is 0 Å². The van der Waals surface area contributed by atoms with E-state index < -0.39 is 5.97 Å². The normalized spacial score (nSPS) is 11.7. The van der Waals surface area contributed by atoms with Crippen molar-refractivity contribution in [2.75, 3.05) is 0 Å². The molecule has 0 aliphatic carbocycles. The van der Waals surface area contributed by atoms with Crippen LogP contribution in [0.25, 0.3) is 0 Å². The summed E-state index contributed by atoms with van der Waals surface area (Å²) in [7, 11) is 0. The van der Waals surface area contributed by atoms with Gasteiger partial charge in [-0.15, -0.1) is 5.76 Å². The summed E-state index contributed by atoms with van der Waals surface area (Å²) in [5.41, 5.74) is 0. The second-order valence-electron chi connectivity index (χ2n) is 3.93. The minimum atomic E-state index is -0.893. The van der Waals surface area contributed by atoms with Crippen LogP contribution in [0.15, 0.2) is 11.8 Å². The number of ketones is 1. The summed E-state index contributed by atoms with van der Waals surface area (Å²) in [6.07, 6.45) is 4.58. The molecule has 0 rings (SSSR count). The van der Waals surface area contributed by atoms with E-state index in [9.17, 15) is 19.8 Å². The molecule has 0 aromatic heterocycles. The number of carboxylic acids is 1. The summed E-state index contributed by atoms with van der Waals surface area (Å²) in [6.45, 7) is 6.64. The van der Waals surface area contributed by atoms with Gasteiger partial charge in [0, 0.05) is 5.97 Å². The maximum absolute atomic E-state index is 10.3. The summed E-state index contributed by atoms with van der Waals surface area (Å²) in [5.74, 6) is -1.49. The van der Waals surface area contributed by atoms with Gasteiger partial charge >= 0.3 is 16.5 Å². The Kier molecular flexibility index (Phi) is 17.7. The Bertz CT molecular complexity index is 258. The van der Waals surface area contributed by atoms with E-state index in [1.807, 2.05) is 6.92 Å². The average Bonchev–Trinajstić information content (AvgIpc) is 2.17. The van der Waals surface area contributed by atoms with Crippen LogP contribution >= 0.6 is 0 Å². The number of carbonyl (C=O) groups is 2. The van der Waals surface area contributed by atoms with Crippen molar-refractivity contribution >= 4 is 11.8 Å². The molecular formula is C13H22NiO4. The molecular weight excluding hydrogens is 279 g/mol. The Morgan fingerprint density at radius 2 is 1.67 bits per heavy atom. The van der Waals surface area contributed by atoms with Crippen LogP contribution in [0.2, 0.25) is 0 Å². The van der Waals surface area contributed by atoms with Crippen molar-refractivity contribution in [3.8, 4) is 0 Å². The molecule has 0 aromatic carbocycles. The monoisotopic (exact) mass is 300 g/mol. The van der Waals surface area contributed by atoms with Crippen molar-refractivity contribution < 1.29 is 36.3 Å². The number of hydrogen-bond donors (Lipinski definition) is 0. The van der Waals surface area contributed by atoms with Gasteiger partial charge in [0.2, 0.25) is 0 Å². The molecule has 108 valence electrons. The van der Waals surface area contributed by atoms with E-state index in [2.05, 4.69) is 6.92 Å². The van der Waals surface area contributed by atoms with E-state index in [0.29, 0.717) is 6.42 Å². The van der Waals surface area contributed by atoms with Gasteiger partial charge in [-0.1, -0.05) is 33.6 Å². The molecule has 5 heteroatoms. The number of carboxylic acid groups (broad SMARTS) is 1. The number of allylic oxidation sites excluding steroid dienone is 2. The van der Waals surface area contributed by atoms with E-state index >= 15 is 0 Å². The largest absolute Gasteiger partial charge is 2.00 e. The molecule has 1 unspecified atom stereocenters. The van der Waals surface area contributed by atoms with Gasteiger partial charge in [-0.05, 0) is 31.8 Å². The molecule has 1 atom stereocenters. The molecule has 0 N–H and O–H groups in total. The van der Waals surface area contributed by atoms with Crippen molar-refractivity contribution in [2.45, 2.75) is 53.4 Å². The maximum Gasteiger partial charge on any atom is 2.00 e. The zero-order chi connectivity index (χ0) is 13.8. The van der Waals surface area contributed by atoms with Crippen molar-refractivity contribution in [2.24, 2.45) is 5.92 Å². The molecule has 0 spiro atoms. The molecule has 0 saturated heterocycles. The Morgan fingerprint density at radius 3 is 1.83 bits per heavy atom. The Hall–Kier alpha value is -0.826. The van der Waals surface area contributed by atoms with Crippen molar-refractivity contribution in [1.29, 1.82) is 0 Å². The number of hydrogen-bond acceptors (Lipinski definition) is 4. The molecule has 4 nitrogen and oxygen atoms in total. The smallest absolute Gasteiger partial charge is 0.876 e. The van der Waals surface area contributed by atoms with Crippen LogP contribution in [-0.4, -0.2) is 11.8 Å². The van der Waals surface area contributed by atoms with Crippen LogP contribution in [0.1, 0.15) is 53.4 Å². The van der Waals surface area contributed by atoms with Crippen LogP contribution in [0, 0.1) is 5.92 Å². The summed E-state index contributed by atoms with van der Waals surface area (Å²) >= 11 is 0. The summed E-state index contributed by atoms with van der Waals surface area (Å²) in [6, 6.07) is 0. The van der Waals surface area contributed by atoms with Gasteiger partial charge in [0.05, 0.1) is 0 Å². The summed E-state index contributed by atoms with van der Waals surface area (Å²) in [4.78, 5) is 20.3. The molecule has 0 bridgehead atoms. The van der Waals surface area contributed by atoms with Crippen LogP contribution in [0.5, 0.6) is 0 Å². The molecule has 0 aliphatic rings. The fourth-order valence-electron chi connectivity index (χ4n) is 1.23. The number of aliphatic carboxylic acids is 1. The summed E-state index contributed by atoms with van der Waals surface area (Å²) in [5, 5.41) is 20.3. The number of rotatable bonds is 6. The third-order valence-corrected chi connectivity index (χ3v) is 2.14. The second kappa shape index (κ2) is 14.2. The minimum absolute atomic E-state index is 0. The van der Waals surface area contributed by atoms with Crippen molar-refractivity contribution in [3.63, 3.8) is 0 Å². The first kappa shape index (κ1) is 22.4. The van der Waals surface area contributed by atoms with E-state index in [-0.39, 0.29) is 34.0 Å². The maximum atomic E-state index is 10.3. The second-order valence-corrected chi connectivity index (χ2v) is 3.93. The zero-order valence-electron chi connectivity index (χ0n) is 11.4. The van der Waals surface area contributed by atoms with Gasteiger partial charge in [-0.3, -0.25) is 4.79 Å². The minimum Gasteiger partial charge on any atom is -0.876 e. The van der Waals surface area contributed by atoms with Gasteiger partial charge in [0.15, 0.2) is 5.78 Å². The third kappa shape index (κ3) is 17.6. The fraction of sp³-hybridized carbons (Fsp3) is 0.692. The zero-order valence-corrected chi connectivity index (χ0v) is 12.4. The van der Waals surface area contributed by atoms with E-state index in [1.165, 1.54) is 13.8 Å². The van der Waals surface area contributed by atoms with Crippen LogP contribution in [-0.2, 0) is 26.1 Å². The predicted octanol–water partition coefficient (Wildman–Crippen LogP) is 0.790. The van der Waals surface area contributed by atoms with Gasteiger partial charge in [-0.2, -0.15) is 0 Å². The van der Waals surface area contributed by atoms with Crippen molar-refractivity contribution in [1.82, 2.24) is 0 Å². The number of unbranched alkanes of at least 4 members (excludes halogenated alkanes) is 1. The first-order valence-corrected chi connectivity index (χ1v) is 5.91. The average molecular weight is 301 g/mol. The Balaban J connectivity index is -0.000000251. The van der Waals surface area contributed by atoms with E-state index in [4.69, 9.17) is 0 Å². The molecule has 0 saturated carbocycles. The third-order valence-electron chi connectivity index (χ3n) is 2.14. The molecule has 0 radical (unpaired) electrons. The van der Waals surface area contributed by atoms with Crippen molar-refractivity contribution in [3.05, 3.63) is 11.8 Å². The SMILES string of the molecule is CC(=O)/C=C(/C)[O-].CCCCC(CC)C(=O)[O-].[Ni+2]. The van der Waals surface area contributed by atoms with Gasteiger partial charge in [-0.25, -0.2) is 0 Å². The van der Waals surface area contributed by atoms with Crippen LogP contribution in [0.3, 0.4) is 0 Å². The van der Waals surface area contributed by atoms with E-state index in [1.54, 1.807) is 0 Å². The topological polar surface area (TPSA) is 80.3 Å². The molecule has 0 aliphatic heterocycles. The predicted molar refractivity (Wildman–Crippen MR) is 62.8 cm³/mol. The quantitative estimate of drug-likeness (QED) is 0.413. The van der Waals surface area contributed by atoms with Gasteiger partial charge in [0.25, 0.3) is 0 Å². The first-order chi connectivity index (χ1) is 7.84. The molecule has 0 fully saturated rings. The standard InChI is InChI=1S/C8H16O2.C5H8O2.Ni/c1-3-5-6-7(4-2)8(9)10;1-4(6)3-5(2)7;/h7H,3-6H2,1-2H3,(H,9,10);3,6H,1-2H3;/q;;+2/p-2/b;4-3-;. The van der Waals surface area contributed by atoms with Gasteiger partial charge < -0.3 is 15.0 Å². The number of carbonyl (C=O) groups excluding carboxylic acids is 2. The first-order valence-electron chi connectivity index (χ1n) is 5.91. The Labute approximate surface area is 119 Å². The molecule has 18 heavy (non-hydrogen) atoms. The Morgan fingerprint density at radius 1 is 1.17 bits per heavy atom. The molecule has 0 amide bonds. The fourth-order valence-corrected chi connectivity index (χ4v) is 1.23. The van der Waals surface area contributed by atoms with Gasteiger partial charge in [0.1, 0.15) is 0 Å².